The van der Waals surface area contributed by atoms with Crippen LogP contribution in [-0.2, 0) is 4.79 Å². The predicted octanol–water partition coefficient (Wildman–Crippen LogP) is 4.64. The van der Waals surface area contributed by atoms with Gasteiger partial charge in [-0.2, -0.15) is 0 Å². The molecule has 0 spiro atoms. The molecule has 0 saturated carbocycles. The van der Waals surface area contributed by atoms with Crippen LogP contribution in [0, 0.1) is 16.7 Å². The topological polar surface area (TPSA) is 57.5 Å². The Bertz CT molecular complexity index is 546. The normalized spacial score (nSPS) is 21.0. The van der Waals surface area contributed by atoms with Crippen molar-refractivity contribution in [3.05, 3.63) is 47.3 Å². The molecule has 0 aromatic rings. The molecule has 1 aliphatic carbocycles. The van der Waals surface area contributed by atoms with Gasteiger partial charge >= 0.3 is 5.97 Å². The Morgan fingerprint density at radius 1 is 1.14 bits per heavy atom. The number of carbonyl (C=O) groups is 1. The summed E-state index contributed by atoms with van der Waals surface area (Å²) in [7, 11) is 0. The lowest BCUT2D eigenvalue weighted by Crippen LogP contribution is -2.22. The first-order chi connectivity index (χ1) is 9.34. The molecule has 0 radical (unpaired) electrons. The zero-order valence-electron chi connectivity index (χ0n) is 13.8. The van der Waals surface area contributed by atoms with E-state index in [1.54, 1.807) is 0 Å². The van der Waals surface area contributed by atoms with Crippen molar-refractivity contribution >= 4 is 5.97 Å². The van der Waals surface area contributed by atoms with E-state index in [2.05, 4.69) is 54.2 Å². The third-order valence-corrected chi connectivity index (χ3v) is 3.64. The summed E-state index contributed by atoms with van der Waals surface area (Å²) in [4.78, 5) is 10.9. The average Bonchev–Trinajstić information content (AvgIpc) is 2.28. The van der Waals surface area contributed by atoms with E-state index in [1.807, 2.05) is 6.08 Å². The zero-order valence-corrected chi connectivity index (χ0v) is 13.8. The summed E-state index contributed by atoms with van der Waals surface area (Å²) in [5, 5.41) is 18.4. The Balaban J connectivity index is 3.39. The van der Waals surface area contributed by atoms with Gasteiger partial charge < -0.3 is 10.2 Å². The van der Waals surface area contributed by atoms with Crippen LogP contribution < -0.4 is 0 Å². The fraction of sp³-hybridized carbons (Fsp3) is 0.500. The highest BCUT2D eigenvalue weighted by Crippen LogP contribution is 2.43. The van der Waals surface area contributed by atoms with Crippen molar-refractivity contribution in [1.29, 1.82) is 0 Å². The molecule has 0 saturated heterocycles. The van der Waals surface area contributed by atoms with Crippen LogP contribution >= 0.6 is 0 Å². The highest BCUT2D eigenvalue weighted by molar-refractivity contribution is 5.83. The van der Waals surface area contributed by atoms with Gasteiger partial charge in [0, 0.05) is 5.92 Å². The van der Waals surface area contributed by atoms with Gasteiger partial charge in [0.25, 0.3) is 0 Å². The molecule has 3 heteroatoms. The second kappa shape index (κ2) is 5.55. The molecule has 0 aromatic carbocycles. The molecule has 1 aliphatic rings. The predicted molar refractivity (Wildman–Crippen MR) is 86.1 cm³/mol. The number of hydrogen-bond acceptors (Lipinski definition) is 2. The number of hydrogen-bond donors (Lipinski definition) is 2. The Hall–Kier alpha value is -1.77. The molecule has 1 rings (SSSR count). The number of aliphatic hydroxyl groups excluding tert-OH is 1. The SMILES string of the molecule is C=C1C(C(C)(C)C)=CC(C(C)(C)C)=CC1C=C(O)C(=O)O. The molecule has 3 nitrogen and oxygen atoms in total. The van der Waals surface area contributed by atoms with Crippen molar-refractivity contribution in [3.63, 3.8) is 0 Å². The van der Waals surface area contributed by atoms with Crippen LogP contribution in [0.15, 0.2) is 47.3 Å². The van der Waals surface area contributed by atoms with E-state index in [4.69, 9.17) is 5.11 Å². The number of allylic oxidation sites excluding steroid dienone is 6. The summed E-state index contributed by atoms with van der Waals surface area (Å²) in [6.07, 6.45) is 5.48. The largest absolute Gasteiger partial charge is 0.502 e. The lowest BCUT2D eigenvalue weighted by Gasteiger charge is -2.34. The minimum absolute atomic E-state index is 0.0534. The summed E-state index contributed by atoms with van der Waals surface area (Å²) < 4.78 is 0. The first-order valence-electron chi connectivity index (χ1n) is 7.11. The van der Waals surface area contributed by atoms with Crippen molar-refractivity contribution in [1.82, 2.24) is 0 Å². The molecule has 1 atom stereocenters. The maximum Gasteiger partial charge on any atom is 0.370 e. The maximum atomic E-state index is 10.9. The smallest absolute Gasteiger partial charge is 0.370 e. The van der Waals surface area contributed by atoms with Gasteiger partial charge in [-0.3, -0.25) is 0 Å². The average molecular weight is 290 g/mol. The van der Waals surface area contributed by atoms with E-state index in [0.29, 0.717) is 0 Å². The van der Waals surface area contributed by atoms with Crippen LogP contribution in [0.1, 0.15) is 41.5 Å². The van der Waals surface area contributed by atoms with Gasteiger partial charge in [-0.05, 0) is 33.6 Å². The molecule has 0 heterocycles. The van der Waals surface area contributed by atoms with Gasteiger partial charge in [-0.25, -0.2) is 4.79 Å². The summed E-state index contributed by atoms with van der Waals surface area (Å²) in [6, 6.07) is 0. The number of aliphatic carboxylic acids is 1. The van der Waals surface area contributed by atoms with E-state index < -0.39 is 11.7 Å². The van der Waals surface area contributed by atoms with Gasteiger partial charge in [0.05, 0.1) is 0 Å². The van der Waals surface area contributed by atoms with E-state index in [0.717, 1.165) is 16.7 Å². The Morgan fingerprint density at radius 2 is 1.67 bits per heavy atom. The lowest BCUT2D eigenvalue weighted by molar-refractivity contribution is -0.135. The maximum absolute atomic E-state index is 10.9. The third-order valence-electron chi connectivity index (χ3n) is 3.64. The van der Waals surface area contributed by atoms with Crippen molar-refractivity contribution < 1.29 is 15.0 Å². The molecule has 0 aromatic heterocycles. The monoisotopic (exact) mass is 290 g/mol. The molecule has 1 unspecified atom stereocenters. The second-order valence-corrected chi connectivity index (χ2v) is 7.59. The van der Waals surface area contributed by atoms with Crippen molar-refractivity contribution in [2.24, 2.45) is 16.7 Å². The zero-order chi connectivity index (χ0) is 16.6. The lowest BCUT2D eigenvalue weighted by atomic mass is 9.70. The Kier molecular flexibility index (Phi) is 4.57. The van der Waals surface area contributed by atoms with Crippen molar-refractivity contribution in [2.75, 3.05) is 0 Å². The fourth-order valence-electron chi connectivity index (χ4n) is 2.32. The van der Waals surface area contributed by atoms with E-state index in [-0.39, 0.29) is 16.7 Å². The fourth-order valence-corrected chi connectivity index (χ4v) is 2.32. The van der Waals surface area contributed by atoms with Crippen LogP contribution in [0.4, 0.5) is 0 Å². The molecule has 0 amide bonds. The molecular formula is C18H26O3. The first kappa shape index (κ1) is 17.3. The van der Waals surface area contributed by atoms with Crippen molar-refractivity contribution in [3.8, 4) is 0 Å². The minimum atomic E-state index is -1.32. The van der Waals surface area contributed by atoms with E-state index >= 15 is 0 Å². The quantitative estimate of drug-likeness (QED) is 0.575. The van der Waals surface area contributed by atoms with Gasteiger partial charge in [-0.15, -0.1) is 0 Å². The van der Waals surface area contributed by atoms with Crippen LogP contribution in [0.5, 0.6) is 0 Å². The number of carboxylic acids is 1. The van der Waals surface area contributed by atoms with Crippen LogP contribution in [0.25, 0.3) is 0 Å². The molecule has 0 fully saturated rings. The Labute approximate surface area is 127 Å². The second-order valence-electron chi connectivity index (χ2n) is 7.59. The van der Waals surface area contributed by atoms with Crippen molar-refractivity contribution in [2.45, 2.75) is 41.5 Å². The highest BCUT2D eigenvalue weighted by atomic mass is 16.4. The first-order valence-corrected chi connectivity index (χ1v) is 7.11. The molecule has 116 valence electrons. The molecule has 0 aliphatic heterocycles. The summed E-state index contributed by atoms with van der Waals surface area (Å²) in [6.45, 7) is 16.8. The van der Waals surface area contributed by atoms with Crippen LogP contribution in [0.2, 0.25) is 0 Å². The van der Waals surface area contributed by atoms with E-state index in [9.17, 15) is 9.90 Å². The van der Waals surface area contributed by atoms with Gasteiger partial charge in [0.1, 0.15) is 0 Å². The number of carboxylic acid groups (broad SMARTS) is 1. The highest BCUT2D eigenvalue weighted by Gasteiger charge is 2.30. The molecule has 0 bridgehead atoms. The standard InChI is InChI=1S/C18H26O3/c1-11-12(9-15(19)16(20)21)8-13(17(2,3)4)10-14(11)18(5,6)7/h8-10,12,19H,1H2,2-7H3,(H,20,21). The minimum Gasteiger partial charge on any atom is -0.502 e. The number of rotatable bonds is 2. The van der Waals surface area contributed by atoms with Gasteiger partial charge in [0.15, 0.2) is 5.76 Å². The van der Waals surface area contributed by atoms with Crippen LogP contribution in [0.3, 0.4) is 0 Å². The molecular weight excluding hydrogens is 264 g/mol. The Morgan fingerprint density at radius 3 is 2.05 bits per heavy atom. The van der Waals surface area contributed by atoms with Gasteiger partial charge in [0.2, 0.25) is 0 Å². The summed E-state index contributed by atoms with van der Waals surface area (Å²) in [5.74, 6) is -2.25. The molecule has 21 heavy (non-hydrogen) atoms. The summed E-state index contributed by atoms with van der Waals surface area (Å²) in [5.41, 5.74) is 2.91. The van der Waals surface area contributed by atoms with Gasteiger partial charge in [-0.1, -0.05) is 60.3 Å². The van der Waals surface area contributed by atoms with E-state index in [1.165, 1.54) is 6.08 Å². The van der Waals surface area contributed by atoms with Crippen LogP contribution in [-0.4, -0.2) is 16.2 Å². The number of aliphatic hydroxyl groups is 1. The summed E-state index contributed by atoms with van der Waals surface area (Å²) >= 11 is 0. The third kappa shape index (κ3) is 4.10. The molecule has 2 N–H and O–H groups in total.